The Hall–Kier alpha value is -0.715. The summed E-state index contributed by atoms with van der Waals surface area (Å²) < 4.78 is 0. The Morgan fingerprint density at radius 1 is 1.00 bits per heavy atom. The fourth-order valence-corrected chi connectivity index (χ4v) is 4.10. The molecular formula is C15H21B. The van der Waals surface area contributed by atoms with Crippen LogP contribution in [0.5, 0.6) is 0 Å². The van der Waals surface area contributed by atoms with Gasteiger partial charge < -0.3 is 0 Å². The van der Waals surface area contributed by atoms with Crippen LogP contribution in [0.4, 0.5) is 0 Å². The van der Waals surface area contributed by atoms with Gasteiger partial charge in [-0.2, -0.15) is 0 Å². The summed E-state index contributed by atoms with van der Waals surface area (Å²) in [5.41, 5.74) is 3.07. The molecule has 0 spiro atoms. The number of fused-ring (bicyclic) bond motifs is 2. The van der Waals surface area contributed by atoms with Crippen LogP contribution in [0.15, 0.2) is 24.3 Å². The van der Waals surface area contributed by atoms with Crippen molar-refractivity contribution >= 4 is 12.2 Å². The third-order valence-electron chi connectivity index (χ3n) is 4.74. The molecule has 0 aromatic heterocycles. The van der Waals surface area contributed by atoms with Gasteiger partial charge in [0.1, 0.15) is 0 Å². The van der Waals surface area contributed by atoms with Gasteiger partial charge in [0, 0.05) is 0 Å². The van der Waals surface area contributed by atoms with E-state index in [4.69, 9.17) is 0 Å². The van der Waals surface area contributed by atoms with Crippen LogP contribution in [0, 0.1) is 6.92 Å². The zero-order valence-corrected chi connectivity index (χ0v) is 10.3. The van der Waals surface area contributed by atoms with Crippen molar-refractivity contribution in [1.29, 1.82) is 0 Å². The Balaban J connectivity index is 1.92. The first-order chi connectivity index (χ1) is 7.84. The minimum Gasteiger partial charge on any atom is -0.0792 e. The lowest BCUT2D eigenvalue weighted by Crippen LogP contribution is -2.44. The lowest BCUT2D eigenvalue weighted by molar-refractivity contribution is 0.448. The van der Waals surface area contributed by atoms with Gasteiger partial charge in [-0.3, -0.25) is 0 Å². The molecule has 0 atom stereocenters. The van der Waals surface area contributed by atoms with E-state index in [1.165, 1.54) is 44.1 Å². The van der Waals surface area contributed by atoms with Crippen molar-refractivity contribution in [1.82, 2.24) is 0 Å². The molecule has 0 saturated carbocycles. The van der Waals surface area contributed by atoms with E-state index in [1.54, 1.807) is 5.46 Å². The second-order valence-electron chi connectivity index (χ2n) is 5.82. The topological polar surface area (TPSA) is 0 Å². The highest BCUT2D eigenvalue weighted by Gasteiger charge is 2.39. The van der Waals surface area contributed by atoms with Gasteiger partial charge in [-0.05, 0) is 6.92 Å². The van der Waals surface area contributed by atoms with Gasteiger partial charge in [0.05, 0.1) is 0 Å². The van der Waals surface area contributed by atoms with E-state index in [0.29, 0.717) is 0 Å². The van der Waals surface area contributed by atoms with Crippen LogP contribution in [0.3, 0.4) is 0 Å². The van der Waals surface area contributed by atoms with Gasteiger partial charge in [-0.25, -0.2) is 0 Å². The molecule has 2 heterocycles. The smallest absolute Gasteiger partial charge is 0.0792 e. The Morgan fingerprint density at radius 2 is 1.62 bits per heavy atom. The average molecular weight is 212 g/mol. The summed E-state index contributed by atoms with van der Waals surface area (Å²) in [7, 11) is 0. The van der Waals surface area contributed by atoms with E-state index in [9.17, 15) is 0 Å². The molecule has 0 unspecified atom stereocenters. The van der Waals surface area contributed by atoms with Crippen LogP contribution in [-0.2, 0) is 0 Å². The molecule has 1 aromatic carbocycles. The molecule has 16 heavy (non-hydrogen) atoms. The number of hydrogen-bond acceptors (Lipinski definition) is 0. The van der Waals surface area contributed by atoms with E-state index in [1.807, 2.05) is 0 Å². The molecule has 2 aliphatic heterocycles. The van der Waals surface area contributed by atoms with E-state index in [0.717, 1.165) is 18.3 Å². The summed E-state index contributed by atoms with van der Waals surface area (Å²) in [5.74, 6) is 1.99. The van der Waals surface area contributed by atoms with Crippen LogP contribution < -0.4 is 5.46 Å². The van der Waals surface area contributed by atoms with Gasteiger partial charge in [0.15, 0.2) is 6.71 Å². The lowest BCUT2D eigenvalue weighted by Gasteiger charge is -2.40. The Labute approximate surface area is 99.5 Å². The van der Waals surface area contributed by atoms with Crippen molar-refractivity contribution in [2.24, 2.45) is 0 Å². The van der Waals surface area contributed by atoms with Crippen molar-refractivity contribution in [3.63, 3.8) is 0 Å². The first-order valence-corrected chi connectivity index (χ1v) is 6.91. The summed E-state index contributed by atoms with van der Waals surface area (Å²) in [6.45, 7) is 3.12. The molecule has 0 nitrogen and oxygen atoms in total. The fourth-order valence-electron chi connectivity index (χ4n) is 4.10. The number of rotatable bonds is 1. The Kier molecular flexibility index (Phi) is 2.79. The van der Waals surface area contributed by atoms with Crippen molar-refractivity contribution in [2.45, 2.75) is 57.1 Å². The van der Waals surface area contributed by atoms with Gasteiger partial charge >= 0.3 is 0 Å². The quantitative estimate of drug-likeness (QED) is 0.621. The summed E-state index contributed by atoms with van der Waals surface area (Å²) in [4.78, 5) is 0. The van der Waals surface area contributed by atoms with Gasteiger partial charge in [0.2, 0.25) is 0 Å². The maximum Gasteiger partial charge on any atom is 0.182 e. The maximum absolute atomic E-state index is 2.43. The second-order valence-corrected chi connectivity index (χ2v) is 5.82. The third kappa shape index (κ3) is 1.81. The summed E-state index contributed by atoms with van der Waals surface area (Å²) in [6.07, 6.45) is 8.89. The minimum atomic E-state index is 0.891. The molecule has 2 fully saturated rings. The maximum atomic E-state index is 2.43. The molecule has 0 N–H and O–H groups in total. The number of aryl methyl sites for hydroxylation is 1. The molecule has 2 aliphatic rings. The van der Waals surface area contributed by atoms with Gasteiger partial charge in [-0.15, -0.1) is 0 Å². The minimum absolute atomic E-state index is 0.891. The standard InChI is InChI=1S/C15H21B/c1-12-5-2-10-15(11-12)16-13-6-3-7-14(16)9-4-8-13/h2,5,10-11,13-14H,3-4,6-9H2,1H3. The average Bonchev–Trinajstić information content (AvgIpc) is 2.28. The normalized spacial score (nSPS) is 29.2. The number of benzene rings is 1. The van der Waals surface area contributed by atoms with Crippen LogP contribution in [0.2, 0.25) is 11.6 Å². The van der Waals surface area contributed by atoms with Crippen molar-refractivity contribution < 1.29 is 0 Å². The van der Waals surface area contributed by atoms with Crippen LogP contribution >= 0.6 is 0 Å². The van der Waals surface area contributed by atoms with E-state index < -0.39 is 0 Å². The summed E-state index contributed by atoms with van der Waals surface area (Å²) in [5, 5.41) is 0. The van der Waals surface area contributed by atoms with E-state index >= 15 is 0 Å². The molecule has 2 bridgehead atoms. The van der Waals surface area contributed by atoms with E-state index in [-0.39, 0.29) is 0 Å². The number of hydrogen-bond donors (Lipinski definition) is 0. The second kappa shape index (κ2) is 4.27. The molecule has 3 rings (SSSR count). The van der Waals surface area contributed by atoms with Crippen LogP contribution in [0.1, 0.15) is 44.1 Å². The zero-order chi connectivity index (χ0) is 11.0. The summed E-state index contributed by atoms with van der Waals surface area (Å²) in [6, 6.07) is 9.27. The first kappa shape index (κ1) is 10.4. The predicted octanol–water partition coefficient (Wildman–Crippen LogP) is 3.81. The highest BCUT2D eigenvalue weighted by atomic mass is 14.2. The molecule has 84 valence electrons. The molecule has 2 saturated heterocycles. The lowest BCUT2D eigenvalue weighted by atomic mass is 9.25. The molecule has 1 aromatic rings. The van der Waals surface area contributed by atoms with Crippen LogP contribution in [0.25, 0.3) is 0 Å². The van der Waals surface area contributed by atoms with Crippen LogP contribution in [-0.4, -0.2) is 6.71 Å². The zero-order valence-electron chi connectivity index (χ0n) is 10.3. The Morgan fingerprint density at radius 3 is 2.19 bits per heavy atom. The van der Waals surface area contributed by atoms with Crippen molar-refractivity contribution in [3.05, 3.63) is 29.8 Å². The third-order valence-corrected chi connectivity index (χ3v) is 4.74. The molecule has 1 heteroatoms. The predicted molar refractivity (Wildman–Crippen MR) is 71.8 cm³/mol. The highest BCUT2D eigenvalue weighted by molar-refractivity contribution is 6.76. The molecule has 0 amide bonds. The molecule has 0 aliphatic carbocycles. The first-order valence-electron chi connectivity index (χ1n) is 6.91. The van der Waals surface area contributed by atoms with E-state index in [2.05, 4.69) is 31.2 Å². The highest BCUT2D eigenvalue weighted by Crippen LogP contribution is 2.45. The van der Waals surface area contributed by atoms with Gasteiger partial charge in [0.25, 0.3) is 0 Å². The van der Waals surface area contributed by atoms with Crippen molar-refractivity contribution in [3.8, 4) is 0 Å². The fraction of sp³-hybridized carbons (Fsp3) is 0.600. The monoisotopic (exact) mass is 212 g/mol. The SMILES string of the molecule is Cc1cccc(B2C3CCCC2CCC3)c1. The van der Waals surface area contributed by atoms with Gasteiger partial charge in [-0.1, -0.05) is 85.5 Å². The van der Waals surface area contributed by atoms with Crippen molar-refractivity contribution in [2.75, 3.05) is 0 Å². The molecular weight excluding hydrogens is 191 g/mol. The molecule has 0 radical (unpaired) electrons. The Bertz CT molecular complexity index is 349. The largest absolute Gasteiger partial charge is 0.182 e. The summed E-state index contributed by atoms with van der Waals surface area (Å²) >= 11 is 0.